The van der Waals surface area contributed by atoms with Gasteiger partial charge in [0.2, 0.25) is 0 Å². The summed E-state index contributed by atoms with van der Waals surface area (Å²) in [6, 6.07) is 7.53. The molecule has 18 heavy (non-hydrogen) atoms. The molecule has 1 aromatic carbocycles. The molecular weight excluding hydrogens is 228 g/mol. The Morgan fingerprint density at radius 1 is 1.39 bits per heavy atom. The Kier molecular flexibility index (Phi) is 5.65. The van der Waals surface area contributed by atoms with E-state index in [-0.39, 0.29) is 12.0 Å². The third-order valence-electron chi connectivity index (χ3n) is 2.79. The number of carbonyl (C=O) groups excluding carboxylic acids is 1. The fourth-order valence-corrected chi connectivity index (χ4v) is 1.70. The molecule has 4 heteroatoms. The minimum Gasteiger partial charge on any atom is -0.385 e. The molecule has 0 aliphatic carbocycles. The van der Waals surface area contributed by atoms with Crippen LogP contribution in [0.1, 0.15) is 24.2 Å². The van der Waals surface area contributed by atoms with Gasteiger partial charge in [-0.1, -0.05) is 0 Å². The van der Waals surface area contributed by atoms with E-state index in [9.17, 15) is 4.79 Å². The lowest BCUT2D eigenvalue weighted by Crippen LogP contribution is -2.33. The van der Waals surface area contributed by atoms with Crippen molar-refractivity contribution in [1.82, 2.24) is 4.90 Å². The standard InChI is InChI=1S/C14H22N2O2/c1-5-15-13-8-6-12(7-9-13)14(17)16(3)10-11(2)18-4/h6-9,11,15H,5,10H2,1-4H3. The topological polar surface area (TPSA) is 41.6 Å². The van der Waals surface area contributed by atoms with Crippen molar-refractivity contribution in [3.05, 3.63) is 29.8 Å². The second-order valence-corrected chi connectivity index (χ2v) is 4.34. The van der Waals surface area contributed by atoms with Crippen LogP contribution in [0.4, 0.5) is 5.69 Å². The maximum absolute atomic E-state index is 12.1. The largest absolute Gasteiger partial charge is 0.385 e. The molecule has 4 nitrogen and oxygen atoms in total. The molecule has 0 saturated carbocycles. The molecule has 1 amide bonds. The molecule has 0 aliphatic rings. The Labute approximate surface area is 109 Å². The Morgan fingerprint density at radius 2 is 2.00 bits per heavy atom. The van der Waals surface area contributed by atoms with Crippen molar-refractivity contribution >= 4 is 11.6 Å². The van der Waals surface area contributed by atoms with E-state index in [0.717, 1.165) is 12.2 Å². The van der Waals surface area contributed by atoms with Crippen LogP contribution in [0.5, 0.6) is 0 Å². The second kappa shape index (κ2) is 7.01. The highest BCUT2D eigenvalue weighted by molar-refractivity contribution is 5.94. The van der Waals surface area contributed by atoms with Gasteiger partial charge in [0.15, 0.2) is 0 Å². The van der Waals surface area contributed by atoms with Gasteiger partial charge in [0, 0.05) is 38.5 Å². The van der Waals surface area contributed by atoms with E-state index in [1.54, 1.807) is 19.1 Å². The molecular formula is C14H22N2O2. The SMILES string of the molecule is CCNc1ccc(C(=O)N(C)CC(C)OC)cc1. The molecule has 0 saturated heterocycles. The lowest BCUT2D eigenvalue weighted by Gasteiger charge is -2.20. The number of anilines is 1. The quantitative estimate of drug-likeness (QED) is 0.841. The molecule has 0 radical (unpaired) electrons. The van der Waals surface area contributed by atoms with Gasteiger partial charge < -0.3 is 15.0 Å². The maximum atomic E-state index is 12.1. The van der Waals surface area contributed by atoms with Crippen LogP contribution in [0.15, 0.2) is 24.3 Å². The minimum atomic E-state index is 0.0157. The smallest absolute Gasteiger partial charge is 0.253 e. The highest BCUT2D eigenvalue weighted by Crippen LogP contribution is 2.11. The number of benzene rings is 1. The van der Waals surface area contributed by atoms with Crippen LogP contribution in [-0.4, -0.2) is 44.2 Å². The summed E-state index contributed by atoms with van der Waals surface area (Å²) in [5, 5.41) is 3.20. The Morgan fingerprint density at radius 3 is 2.50 bits per heavy atom. The summed E-state index contributed by atoms with van der Waals surface area (Å²) in [6.45, 7) is 5.44. The summed E-state index contributed by atoms with van der Waals surface area (Å²) in [6.07, 6.45) is 0.0416. The summed E-state index contributed by atoms with van der Waals surface area (Å²) in [5.41, 5.74) is 1.73. The maximum Gasteiger partial charge on any atom is 0.253 e. The molecule has 100 valence electrons. The number of methoxy groups -OCH3 is 1. The number of amides is 1. The monoisotopic (exact) mass is 250 g/mol. The zero-order valence-electron chi connectivity index (χ0n) is 11.6. The molecule has 0 bridgehead atoms. The molecule has 0 aromatic heterocycles. The molecule has 0 fully saturated rings. The van der Waals surface area contributed by atoms with Gasteiger partial charge in [0.25, 0.3) is 5.91 Å². The Bertz CT molecular complexity index is 376. The van der Waals surface area contributed by atoms with E-state index in [1.165, 1.54) is 0 Å². The van der Waals surface area contributed by atoms with Crippen LogP contribution in [0.3, 0.4) is 0 Å². The van der Waals surface area contributed by atoms with Gasteiger partial charge in [0.1, 0.15) is 0 Å². The van der Waals surface area contributed by atoms with Crippen molar-refractivity contribution in [3.63, 3.8) is 0 Å². The Balaban J connectivity index is 2.65. The van der Waals surface area contributed by atoms with Crippen LogP contribution < -0.4 is 5.32 Å². The molecule has 1 unspecified atom stereocenters. The van der Waals surface area contributed by atoms with Crippen molar-refractivity contribution in [2.45, 2.75) is 20.0 Å². The predicted octanol–water partition coefficient (Wildman–Crippen LogP) is 2.23. The van der Waals surface area contributed by atoms with Gasteiger partial charge in [0.05, 0.1) is 6.10 Å². The molecule has 1 atom stereocenters. The van der Waals surface area contributed by atoms with Gasteiger partial charge in [-0.15, -0.1) is 0 Å². The fraction of sp³-hybridized carbons (Fsp3) is 0.500. The molecule has 0 spiro atoms. The van der Waals surface area contributed by atoms with Crippen LogP contribution in [0.2, 0.25) is 0 Å². The van der Waals surface area contributed by atoms with Gasteiger partial charge in [-0.05, 0) is 38.1 Å². The highest BCUT2D eigenvalue weighted by Gasteiger charge is 2.13. The zero-order chi connectivity index (χ0) is 13.5. The fourth-order valence-electron chi connectivity index (χ4n) is 1.70. The van der Waals surface area contributed by atoms with Crippen molar-refractivity contribution < 1.29 is 9.53 Å². The molecule has 0 heterocycles. The normalized spacial score (nSPS) is 12.0. The predicted molar refractivity (Wildman–Crippen MR) is 74.0 cm³/mol. The first kappa shape index (κ1) is 14.5. The summed E-state index contributed by atoms with van der Waals surface area (Å²) in [7, 11) is 3.43. The van der Waals surface area contributed by atoms with Gasteiger partial charge in [-0.25, -0.2) is 0 Å². The molecule has 1 aromatic rings. The van der Waals surface area contributed by atoms with E-state index in [1.807, 2.05) is 38.1 Å². The summed E-state index contributed by atoms with van der Waals surface area (Å²) >= 11 is 0. The first-order chi connectivity index (χ1) is 8.58. The van der Waals surface area contributed by atoms with Crippen LogP contribution in [0.25, 0.3) is 0 Å². The van der Waals surface area contributed by atoms with Crippen molar-refractivity contribution in [3.8, 4) is 0 Å². The first-order valence-electron chi connectivity index (χ1n) is 6.20. The second-order valence-electron chi connectivity index (χ2n) is 4.34. The lowest BCUT2D eigenvalue weighted by atomic mass is 10.2. The van der Waals surface area contributed by atoms with Gasteiger partial charge in [-0.3, -0.25) is 4.79 Å². The third-order valence-corrected chi connectivity index (χ3v) is 2.79. The molecule has 1 N–H and O–H groups in total. The summed E-state index contributed by atoms with van der Waals surface area (Å²) < 4.78 is 5.15. The lowest BCUT2D eigenvalue weighted by molar-refractivity contribution is 0.0600. The minimum absolute atomic E-state index is 0.0157. The van der Waals surface area contributed by atoms with Crippen molar-refractivity contribution in [1.29, 1.82) is 0 Å². The van der Waals surface area contributed by atoms with E-state index >= 15 is 0 Å². The number of rotatable bonds is 6. The number of ether oxygens (including phenoxy) is 1. The van der Waals surface area contributed by atoms with E-state index < -0.39 is 0 Å². The average molecular weight is 250 g/mol. The third kappa shape index (κ3) is 4.04. The van der Waals surface area contributed by atoms with Crippen molar-refractivity contribution in [2.24, 2.45) is 0 Å². The summed E-state index contributed by atoms with van der Waals surface area (Å²) in [4.78, 5) is 13.8. The Hall–Kier alpha value is -1.55. The number of likely N-dealkylation sites (N-methyl/N-ethyl adjacent to an activating group) is 1. The number of carbonyl (C=O) groups is 1. The van der Waals surface area contributed by atoms with Crippen LogP contribution in [-0.2, 0) is 4.74 Å². The van der Waals surface area contributed by atoms with Crippen molar-refractivity contribution in [2.75, 3.05) is 32.6 Å². The zero-order valence-corrected chi connectivity index (χ0v) is 11.6. The first-order valence-corrected chi connectivity index (χ1v) is 6.20. The van der Waals surface area contributed by atoms with Crippen LogP contribution in [0, 0.1) is 0 Å². The summed E-state index contributed by atoms with van der Waals surface area (Å²) in [5.74, 6) is 0.0157. The number of nitrogens with zero attached hydrogens (tertiary/aromatic N) is 1. The van der Waals surface area contributed by atoms with Gasteiger partial charge >= 0.3 is 0 Å². The van der Waals surface area contributed by atoms with E-state index in [2.05, 4.69) is 5.32 Å². The number of nitrogens with one attached hydrogen (secondary N) is 1. The van der Waals surface area contributed by atoms with Gasteiger partial charge in [-0.2, -0.15) is 0 Å². The van der Waals surface area contributed by atoms with E-state index in [0.29, 0.717) is 12.1 Å². The highest BCUT2D eigenvalue weighted by atomic mass is 16.5. The average Bonchev–Trinajstić information content (AvgIpc) is 2.39. The number of hydrogen-bond donors (Lipinski definition) is 1. The number of hydrogen-bond acceptors (Lipinski definition) is 3. The molecule has 0 aliphatic heterocycles. The molecule has 1 rings (SSSR count). The van der Waals surface area contributed by atoms with E-state index in [4.69, 9.17) is 4.74 Å². The van der Waals surface area contributed by atoms with Crippen LogP contribution >= 0.6 is 0 Å².